The zero-order chi connectivity index (χ0) is 88.8. The fraction of sp³-hybridized carbons (Fsp3) is 0.598. The minimum atomic E-state index is -0.340. The molecule has 0 saturated carbocycles. The molecule has 124 heavy (non-hydrogen) atoms. The van der Waals surface area contributed by atoms with E-state index in [0.29, 0.717) is 138 Å². The predicted octanol–water partition coefficient (Wildman–Crippen LogP) is 5.88. The Kier molecular flexibility index (Phi) is 53.3. The molecule has 0 spiro atoms. The van der Waals surface area contributed by atoms with Crippen molar-refractivity contribution in [2.75, 3.05) is 256 Å². The Morgan fingerprint density at radius 1 is 0.363 bits per heavy atom. The molecule has 686 valence electrons. The average Bonchev–Trinajstić information content (AvgIpc) is 1.58. The first-order valence-electron chi connectivity index (χ1n) is 43.5. The van der Waals surface area contributed by atoms with Gasteiger partial charge in [-0.05, 0) is 72.0 Å². The first-order chi connectivity index (χ1) is 60.5. The highest BCUT2D eigenvalue weighted by molar-refractivity contribution is 6.08. The SMILES string of the molecule is C#CCNC(=O)CCNC(=O)CCC(=O)NCCOCCOCCNC(=O)CCC(=O)NCCOCCOCCNC(=O)CCC(=O)NCCOCCOCCNC(=O)CCCCCN1/C(=C/C=C/C=C/C2=[N+](CCOCCOCCOCCOCCOCCOCCOCCOC)c3ccc4ccccc4c3C2(C)C)C(C)(C)c2c1ccc1ccccc21. The van der Waals surface area contributed by atoms with Gasteiger partial charge >= 0.3 is 0 Å². The lowest BCUT2D eigenvalue weighted by molar-refractivity contribution is -0.442. The monoisotopic (exact) mass is 1730 g/mol. The summed E-state index contributed by atoms with van der Waals surface area (Å²) in [6.07, 6.45) is 19.2. The Morgan fingerprint density at radius 2 is 0.718 bits per heavy atom. The number of methoxy groups -OCH3 is 1. The highest BCUT2D eigenvalue weighted by atomic mass is 16.6. The van der Waals surface area contributed by atoms with Crippen molar-refractivity contribution in [3.8, 4) is 12.3 Å². The van der Waals surface area contributed by atoms with Gasteiger partial charge in [0.25, 0.3) is 0 Å². The zero-order valence-corrected chi connectivity index (χ0v) is 73.7. The van der Waals surface area contributed by atoms with Crippen molar-refractivity contribution in [3.63, 3.8) is 0 Å². The zero-order valence-electron chi connectivity index (χ0n) is 73.7. The van der Waals surface area contributed by atoms with Crippen molar-refractivity contribution >= 4 is 85.9 Å². The molecule has 0 fully saturated rings. The first-order valence-corrected chi connectivity index (χ1v) is 43.5. The number of carbonyl (C=O) groups excluding carboxylic acids is 8. The second kappa shape index (κ2) is 63.7. The molecule has 2 aliphatic rings. The summed E-state index contributed by atoms with van der Waals surface area (Å²) in [6, 6.07) is 26.2. The number of unbranched alkanes of at least 4 members (excludes halogenated alkanes) is 2. The Labute approximate surface area is 731 Å². The van der Waals surface area contributed by atoms with Crippen LogP contribution in [0, 0.1) is 12.3 Å². The fourth-order valence-corrected chi connectivity index (χ4v) is 13.8. The van der Waals surface area contributed by atoms with E-state index >= 15 is 0 Å². The molecule has 0 aliphatic carbocycles. The molecule has 4 aromatic carbocycles. The quantitative estimate of drug-likeness (QED) is 0.0111. The maximum Gasteiger partial charge on any atom is 0.222 e. The van der Waals surface area contributed by atoms with Gasteiger partial charge in [0.1, 0.15) is 6.61 Å². The van der Waals surface area contributed by atoms with Gasteiger partial charge in [-0.2, -0.15) is 4.58 Å². The van der Waals surface area contributed by atoms with Gasteiger partial charge in [0.15, 0.2) is 12.3 Å². The van der Waals surface area contributed by atoms with Crippen molar-refractivity contribution in [3.05, 3.63) is 120 Å². The van der Waals surface area contributed by atoms with Gasteiger partial charge < -0.3 is 114 Å². The van der Waals surface area contributed by atoms with Crippen molar-refractivity contribution in [2.24, 2.45) is 0 Å². The number of fused-ring (bicyclic) bond motifs is 6. The second-order valence-electron chi connectivity index (χ2n) is 30.0. The van der Waals surface area contributed by atoms with Crippen LogP contribution >= 0.6 is 0 Å². The number of benzene rings is 4. The highest BCUT2D eigenvalue weighted by Crippen LogP contribution is 2.51. The third kappa shape index (κ3) is 41.8. The van der Waals surface area contributed by atoms with Gasteiger partial charge in [-0.15, -0.1) is 6.42 Å². The van der Waals surface area contributed by atoms with Gasteiger partial charge in [0.05, 0.1) is 184 Å². The molecule has 32 nitrogen and oxygen atoms in total. The number of nitrogens with zero attached hydrogens (tertiary/aromatic N) is 2. The maximum atomic E-state index is 12.9. The minimum Gasteiger partial charge on any atom is -0.382 e. The van der Waals surface area contributed by atoms with Gasteiger partial charge in [-0.1, -0.05) is 99.0 Å². The van der Waals surface area contributed by atoms with Gasteiger partial charge in [0.2, 0.25) is 52.9 Å². The predicted molar refractivity (Wildman–Crippen MR) is 474 cm³/mol. The lowest BCUT2D eigenvalue weighted by Gasteiger charge is -2.27. The van der Waals surface area contributed by atoms with E-state index < -0.39 is 0 Å². The van der Waals surface area contributed by atoms with Crippen LogP contribution in [0.1, 0.15) is 109 Å². The van der Waals surface area contributed by atoms with Crippen LogP contribution in [0.2, 0.25) is 0 Å². The molecule has 6 rings (SSSR count). The second-order valence-corrected chi connectivity index (χ2v) is 30.0. The van der Waals surface area contributed by atoms with Crippen LogP contribution in [-0.2, 0) is 116 Å². The van der Waals surface area contributed by atoms with E-state index in [-0.39, 0.29) is 208 Å². The molecule has 0 bridgehead atoms. The summed E-state index contributed by atoms with van der Waals surface area (Å²) in [6.45, 7) is 23.6. The van der Waals surface area contributed by atoms with Crippen LogP contribution in [0.3, 0.4) is 0 Å². The number of ether oxygens (including phenoxy) is 14. The fourth-order valence-electron chi connectivity index (χ4n) is 13.8. The van der Waals surface area contributed by atoms with E-state index in [1.54, 1.807) is 7.11 Å². The molecule has 0 atom stereocenters. The van der Waals surface area contributed by atoms with Crippen molar-refractivity contribution in [2.45, 2.75) is 109 Å². The summed E-state index contributed by atoms with van der Waals surface area (Å²) in [4.78, 5) is 99.7. The molecule has 8 amide bonds. The topological polar surface area (TPSA) is 368 Å². The number of terminal acetylenes is 1. The third-order valence-electron chi connectivity index (χ3n) is 20.0. The van der Waals surface area contributed by atoms with E-state index in [4.69, 9.17) is 72.7 Å². The molecule has 0 aromatic heterocycles. The van der Waals surface area contributed by atoms with E-state index in [0.717, 1.165) is 25.8 Å². The molecule has 0 radical (unpaired) electrons. The standard InChI is InChI=1S/C92H136N10O22/c1-7-36-93-88(110)35-37-94-82(104)29-30-83(105)96-39-47-114-57-58-115-49-41-98-86(108)33-34-87(109)100-43-51-117-60-59-116-50-42-99-85(107)32-31-84(106)97-40-48-113-56-55-112-46-38-95-81(103)24-12-9-17-44-101-77-27-25-73-18-13-15-20-75(73)89(77)91(2,3)79(101)22-10-8-11-23-80-92(4,5)90-76-21-16-14-19-74(76)26-28-78(90)102(80)45-52-118-61-62-120-65-66-122-69-70-124-72-71-123-68-67-121-64-63-119-54-53-111-6/h1,8,10-11,13-16,18-23,25-28H,9,12,17,24,29-72H2,2-6H3,(H7-,93,94,95,96,97,98,99,100,103,104,105,106,107,108,109,110)/p+1. The van der Waals surface area contributed by atoms with E-state index in [1.807, 2.05) is 0 Å². The molecule has 8 N–H and O–H groups in total. The number of allylic oxidation sites excluding steroid dienone is 6. The number of rotatable bonds is 73. The summed E-state index contributed by atoms with van der Waals surface area (Å²) in [5.41, 5.74) is 6.88. The molecule has 0 unspecified atom stereocenters. The molecular weight excluding hydrogens is 1600 g/mol. The summed E-state index contributed by atoms with van der Waals surface area (Å²) < 4.78 is 80.2. The lowest BCUT2D eigenvalue weighted by Crippen LogP contribution is -2.32. The first kappa shape index (κ1) is 104. The van der Waals surface area contributed by atoms with Crippen molar-refractivity contribution < 1.29 is 109 Å². The Balaban J connectivity index is 0.746. The molecule has 2 heterocycles. The van der Waals surface area contributed by atoms with Gasteiger partial charge in [0, 0.05) is 145 Å². The lowest BCUT2D eigenvalue weighted by atomic mass is 9.79. The number of nitrogens with one attached hydrogen (secondary N) is 8. The average molecular weight is 1740 g/mol. The van der Waals surface area contributed by atoms with E-state index in [9.17, 15) is 38.4 Å². The minimum absolute atomic E-state index is 0.00327. The summed E-state index contributed by atoms with van der Waals surface area (Å²) in [5, 5.41) is 26.5. The number of carbonyl (C=O) groups is 8. The molecule has 2 aliphatic heterocycles. The smallest absolute Gasteiger partial charge is 0.222 e. The van der Waals surface area contributed by atoms with Crippen LogP contribution in [0.4, 0.5) is 11.4 Å². The molecule has 32 heteroatoms. The Morgan fingerprint density at radius 3 is 1.13 bits per heavy atom. The Bertz CT molecular complexity index is 4000. The molecule has 0 saturated heterocycles. The van der Waals surface area contributed by atoms with Crippen molar-refractivity contribution in [1.82, 2.24) is 42.5 Å². The normalized spacial score (nSPS) is 13.5. The van der Waals surface area contributed by atoms with Crippen LogP contribution in [-0.4, -0.2) is 308 Å². The largest absolute Gasteiger partial charge is 0.382 e. The van der Waals surface area contributed by atoms with Crippen LogP contribution in [0.15, 0.2) is 109 Å². The number of amides is 8. The summed E-state index contributed by atoms with van der Waals surface area (Å²) in [7, 11) is 1.65. The maximum absolute atomic E-state index is 12.9. The molecule has 4 aromatic rings. The number of hydrogen-bond donors (Lipinski definition) is 8. The van der Waals surface area contributed by atoms with Crippen LogP contribution in [0.25, 0.3) is 21.5 Å². The third-order valence-corrected chi connectivity index (χ3v) is 20.0. The number of anilines is 1. The number of hydrogen-bond acceptors (Lipinski definition) is 23. The van der Waals surface area contributed by atoms with Crippen LogP contribution in [0.5, 0.6) is 0 Å². The van der Waals surface area contributed by atoms with Crippen LogP contribution < -0.4 is 47.4 Å². The van der Waals surface area contributed by atoms with Gasteiger partial charge in [-0.3, -0.25) is 38.4 Å². The van der Waals surface area contributed by atoms with Crippen molar-refractivity contribution in [1.29, 1.82) is 0 Å². The van der Waals surface area contributed by atoms with Gasteiger partial charge in [-0.25, -0.2) is 0 Å². The Hall–Kier alpha value is -9.15. The summed E-state index contributed by atoms with van der Waals surface area (Å²) >= 11 is 0. The van der Waals surface area contributed by atoms with E-state index in [2.05, 4.69) is 189 Å². The summed E-state index contributed by atoms with van der Waals surface area (Å²) in [5.74, 6) is 0.217. The molecular formula is C92H137N10O22+. The van der Waals surface area contributed by atoms with E-state index in [1.165, 1.54) is 55.5 Å². The highest BCUT2D eigenvalue weighted by Gasteiger charge is 2.46.